The molecule has 0 bridgehead atoms. The van der Waals surface area contributed by atoms with Crippen molar-refractivity contribution in [1.82, 2.24) is 4.72 Å². The van der Waals surface area contributed by atoms with E-state index in [-0.39, 0.29) is 4.90 Å². The van der Waals surface area contributed by atoms with E-state index in [9.17, 15) is 8.42 Å². The Kier molecular flexibility index (Phi) is 3.40. The van der Waals surface area contributed by atoms with E-state index in [2.05, 4.69) is 4.72 Å². The molecule has 1 heterocycles. The Labute approximate surface area is 106 Å². The van der Waals surface area contributed by atoms with Crippen molar-refractivity contribution < 1.29 is 12.8 Å². The zero-order chi connectivity index (χ0) is 13.2. The van der Waals surface area contributed by atoms with E-state index in [1.165, 1.54) is 18.4 Å². The van der Waals surface area contributed by atoms with Crippen LogP contribution in [-0.2, 0) is 10.0 Å². The van der Waals surface area contributed by atoms with Crippen molar-refractivity contribution in [3.05, 3.63) is 48.4 Å². The maximum Gasteiger partial charge on any atom is 0.241 e. The molecule has 0 saturated heterocycles. The number of nitrogen functional groups attached to an aromatic ring is 1. The van der Waals surface area contributed by atoms with Crippen LogP contribution >= 0.6 is 0 Å². The summed E-state index contributed by atoms with van der Waals surface area (Å²) in [5.74, 6) is 0.558. The van der Waals surface area contributed by atoms with Crippen LogP contribution in [0, 0.1) is 0 Å². The van der Waals surface area contributed by atoms with Crippen molar-refractivity contribution in [3.8, 4) is 0 Å². The van der Waals surface area contributed by atoms with Gasteiger partial charge in [0.15, 0.2) is 0 Å². The number of hydrogen-bond donors (Lipinski definition) is 2. The topological polar surface area (TPSA) is 85.3 Å². The van der Waals surface area contributed by atoms with Gasteiger partial charge >= 0.3 is 0 Å². The zero-order valence-electron chi connectivity index (χ0n) is 9.83. The maximum absolute atomic E-state index is 12.1. The molecule has 1 unspecified atom stereocenters. The van der Waals surface area contributed by atoms with Crippen molar-refractivity contribution in [2.45, 2.75) is 17.9 Å². The van der Waals surface area contributed by atoms with Gasteiger partial charge in [0.25, 0.3) is 0 Å². The molecule has 2 rings (SSSR count). The number of nitrogens with two attached hydrogens (primary N) is 1. The van der Waals surface area contributed by atoms with Crippen LogP contribution in [0.3, 0.4) is 0 Å². The molecule has 0 amide bonds. The minimum Gasteiger partial charge on any atom is -0.468 e. The molecule has 1 aromatic carbocycles. The van der Waals surface area contributed by atoms with Crippen molar-refractivity contribution in [3.63, 3.8) is 0 Å². The lowest BCUT2D eigenvalue weighted by atomic mass is 10.3. The number of rotatable bonds is 4. The standard InChI is InChI=1S/C12H14N2O3S/c1-9(12-6-3-7-17-12)14-18(15,16)11-5-2-4-10(13)8-11/h2-9,14H,13H2,1H3. The average molecular weight is 266 g/mol. The molecule has 18 heavy (non-hydrogen) atoms. The quantitative estimate of drug-likeness (QED) is 0.828. The second-order valence-corrected chi connectivity index (χ2v) is 5.64. The third-order valence-corrected chi connectivity index (χ3v) is 4.01. The molecule has 0 fully saturated rings. The van der Waals surface area contributed by atoms with Gasteiger partial charge in [-0.05, 0) is 37.3 Å². The summed E-state index contributed by atoms with van der Waals surface area (Å²) in [6, 6.07) is 9.13. The molecule has 0 aliphatic rings. The third-order valence-electron chi connectivity index (χ3n) is 2.47. The van der Waals surface area contributed by atoms with Crippen LogP contribution < -0.4 is 10.5 Å². The normalized spacial score (nSPS) is 13.4. The lowest BCUT2D eigenvalue weighted by Crippen LogP contribution is -2.26. The van der Waals surface area contributed by atoms with E-state index in [0.717, 1.165) is 0 Å². The average Bonchev–Trinajstić information content (AvgIpc) is 2.82. The van der Waals surface area contributed by atoms with Gasteiger partial charge in [0.2, 0.25) is 10.0 Å². The molecule has 0 spiro atoms. The predicted molar refractivity (Wildman–Crippen MR) is 68.3 cm³/mol. The first-order chi connectivity index (χ1) is 8.49. The number of sulfonamides is 1. The highest BCUT2D eigenvalue weighted by Gasteiger charge is 2.19. The van der Waals surface area contributed by atoms with Gasteiger partial charge in [-0.3, -0.25) is 0 Å². The first-order valence-corrected chi connectivity index (χ1v) is 6.88. The van der Waals surface area contributed by atoms with Gasteiger partial charge in [-0.1, -0.05) is 6.07 Å². The molecule has 6 heteroatoms. The Morgan fingerprint density at radius 1 is 1.28 bits per heavy atom. The number of hydrogen-bond acceptors (Lipinski definition) is 4. The molecule has 0 radical (unpaired) electrons. The zero-order valence-corrected chi connectivity index (χ0v) is 10.6. The fourth-order valence-corrected chi connectivity index (χ4v) is 2.84. The van der Waals surface area contributed by atoms with E-state index in [1.54, 1.807) is 31.2 Å². The Morgan fingerprint density at radius 3 is 2.67 bits per heavy atom. The van der Waals surface area contributed by atoms with Crippen LogP contribution in [0.1, 0.15) is 18.7 Å². The van der Waals surface area contributed by atoms with E-state index < -0.39 is 16.1 Å². The Morgan fingerprint density at radius 2 is 2.06 bits per heavy atom. The van der Waals surface area contributed by atoms with Gasteiger partial charge in [-0.2, -0.15) is 0 Å². The van der Waals surface area contributed by atoms with Crippen molar-refractivity contribution in [2.75, 3.05) is 5.73 Å². The van der Waals surface area contributed by atoms with Gasteiger partial charge in [-0.25, -0.2) is 13.1 Å². The lowest BCUT2D eigenvalue weighted by Gasteiger charge is -2.12. The molecule has 5 nitrogen and oxygen atoms in total. The van der Waals surface area contributed by atoms with Crippen molar-refractivity contribution in [1.29, 1.82) is 0 Å². The molecule has 0 saturated carbocycles. The van der Waals surface area contributed by atoms with Crippen molar-refractivity contribution in [2.24, 2.45) is 0 Å². The first kappa shape index (κ1) is 12.7. The van der Waals surface area contributed by atoms with E-state index in [1.807, 2.05) is 0 Å². The number of benzene rings is 1. The van der Waals surface area contributed by atoms with E-state index in [4.69, 9.17) is 10.2 Å². The Hall–Kier alpha value is -1.79. The summed E-state index contributed by atoms with van der Waals surface area (Å²) in [7, 11) is -3.60. The Bertz CT molecular complexity index is 621. The monoisotopic (exact) mass is 266 g/mol. The molecular weight excluding hydrogens is 252 g/mol. The largest absolute Gasteiger partial charge is 0.468 e. The van der Waals surface area contributed by atoms with Crippen LogP contribution in [0.15, 0.2) is 52.0 Å². The minimum atomic E-state index is -3.60. The summed E-state index contributed by atoms with van der Waals surface area (Å²) in [6.07, 6.45) is 1.50. The SMILES string of the molecule is CC(NS(=O)(=O)c1cccc(N)c1)c1ccco1. The van der Waals surface area contributed by atoms with Gasteiger partial charge in [0, 0.05) is 5.69 Å². The van der Waals surface area contributed by atoms with Gasteiger partial charge in [-0.15, -0.1) is 0 Å². The Balaban J connectivity index is 2.22. The van der Waals surface area contributed by atoms with Gasteiger partial charge in [0.05, 0.1) is 17.2 Å². The molecule has 1 atom stereocenters. The second kappa shape index (κ2) is 4.83. The van der Waals surface area contributed by atoms with Crippen LogP contribution in [0.2, 0.25) is 0 Å². The van der Waals surface area contributed by atoms with E-state index >= 15 is 0 Å². The summed E-state index contributed by atoms with van der Waals surface area (Å²) >= 11 is 0. The highest BCUT2D eigenvalue weighted by molar-refractivity contribution is 7.89. The fraction of sp³-hybridized carbons (Fsp3) is 0.167. The summed E-state index contributed by atoms with van der Waals surface area (Å²) in [5.41, 5.74) is 5.98. The van der Waals surface area contributed by atoms with Crippen LogP contribution in [0.4, 0.5) is 5.69 Å². The molecule has 0 aliphatic carbocycles. The van der Waals surface area contributed by atoms with E-state index in [0.29, 0.717) is 11.4 Å². The smallest absolute Gasteiger partial charge is 0.241 e. The van der Waals surface area contributed by atoms with Gasteiger partial charge in [0.1, 0.15) is 5.76 Å². The van der Waals surface area contributed by atoms with Crippen LogP contribution in [0.25, 0.3) is 0 Å². The summed E-state index contributed by atoms with van der Waals surface area (Å²) in [4.78, 5) is 0.140. The first-order valence-electron chi connectivity index (χ1n) is 5.40. The van der Waals surface area contributed by atoms with Crippen molar-refractivity contribution >= 4 is 15.7 Å². The lowest BCUT2D eigenvalue weighted by molar-refractivity contribution is 0.459. The summed E-state index contributed by atoms with van der Waals surface area (Å²) in [5, 5.41) is 0. The second-order valence-electron chi connectivity index (χ2n) is 3.93. The molecular formula is C12H14N2O3S. The molecule has 2 aromatic rings. The highest BCUT2D eigenvalue weighted by atomic mass is 32.2. The fourth-order valence-electron chi connectivity index (χ4n) is 1.58. The molecule has 1 aromatic heterocycles. The molecule has 96 valence electrons. The van der Waals surface area contributed by atoms with Gasteiger partial charge < -0.3 is 10.2 Å². The molecule has 3 N–H and O–H groups in total. The molecule has 0 aliphatic heterocycles. The number of anilines is 1. The van der Waals surface area contributed by atoms with Crippen LogP contribution in [0.5, 0.6) is 0 Å². The highest BCUT2D eigenvalue weighted by Crippen LogP contribution is 2.18. The minimum absolute atomic E-state index is 0.140. The van der Waals surface area contributed by atoms with Crippen LogP contribution in [-0.4, -0.2) is 8.42 Å². The summed E-state index contributed by atoms with van der Waals surface area (Å²) in [6.45, 7) is 1.71. The number of nitrogens with one attached hydrogen (secondary N) is 1. The number of furan rings is 1. The predicted octanol–water partition coefficient (Wildman–Crippen LogP) is 1.90. The third kappa shape index (κ3) is 2.72. The maximum atomic E-state index is 12.1. The summed E-state index contributed by atoms with van der Waals surface area (Å²) < 4.78 is 31.8.